The van der Waals surface area contributed by atoms with E-state index in [1.165, 1.54) is 0 Å². The van der Waals surface area contributed by atoms with Crippen LogP contribution in [0.2, 0.25) is 0 Å². The Morgan fingerprint density at radius 2 is 1.70 bits per heavy atom. The molecule has 3 aromatic rings. The number of aldehydes is 1. The topological polar surface area (TPSA) is 67.5 Å². The molecule has 1 heterocycles. The number of carbonyl (C=O) groups excluding carboxylic acids is 1. The maximum Gasteiger partial charge on any atom is 0.372 e. The zero-order chi connectivity index (χ0) is 16.4. The molecule has 0 unspecified atom stereocenters. The quantitative estimate of drug-likeness (QED) is 0.664. The second kappa shape index (κ2) is 6.22. The van der Waals surface area contributed by atoms with Gasteiger partial charge in [0.15, 0.2) is 12.0 Å². The first-order valence-electron chi connectivity index (χ1n) is 6.78. The van der Waals surface area contributed by atoms with Crippen LogP contribution in [0.3, 0.4) is 0 Å². The van der Waals surface area contributed by atoms with Crippen LogP contribution in [0.4, 0.5) is 0 Å². The van der Waals surface area contributed by atoms with E-state index >= 15 is 0 Å². The van der Waals surface area contributed by atoms with Gasteiger partial charge in [-0.05, 0) is 23.3 Å². The monoisotopic (exact) mass is 370 g/mol. The minimum Gasteiger partial charge on any atom is -0.475 e. The number of carboxylic acids is 1. The van der Waals surface area contributed by atoms with E-state index in [-0.39, 0.29) is 11.5 Å². The van der Waals surface area contributed by atoms with Gasteiger partial charge in [0, 0.05) is 15.6 Å². The van der Waals surface area contributed by atoms with Gasteiger partial charge in [-0.2, -0.15) is 0 Å². The van der Waals surface area contributed by atoms with Gasteiger partial charge >= 0.3 is 5.97 Å². The maximum absolute atomic E-state index is 11.6. The summed E-state index contributed by atoms with van der Waals surface area (Å²) in [6.07, 6.45) is 0.537. The van der Waals surface area contributed by atoms with Crippen LogP contribution in [0.1, 0.15) is 21.1 Å². The van der Waals surface area contributed by atoms with Crippen molar-refractivity contribution in [1.82, 2.24) is 0 Å². The third-order valence-corrected chi connectivity index (χ3v) is 3.91. The lowest BCUT2D eigenvalue weighted by molar-refractivity contribution is 0.0662. The summed E-state index contributed by atoms with van der Waals surface area (Å²) in [6, 6.07) is 16.3. The van der Waals surface area contributed by atoms with Gasteiger partial charge in [-0.25, -0.2) is 4.79 Å². The highest BCUT2D eigenvalue weighted by molar-refractivity contribution is 9.10. The zero-order valence-corrected chi connectivity index (χ0v) is 13.4. The lowest BCUT2D eigenvalue weighted by Gasteiger charge is -2.06. The van der Waals surface area contributed by atoms with Crippen molar-refractivity contribution in [2.45, 2.75) is 0 Å². The zero-order valence-electron chi connectivity index (χ0n) is 11.8. The van der Waals surface area contributed by atoms with Crippen LogP contribution in [-0.4, -0.2) is 17.4 Å². The number of rotatable bonds is 4. The second-order valence-electron chi connectivity index (χ2n) is 4.84. The van der Waals surface area contributed by atoms with E-state index in [1.54, 1.807) is 30.3 Å². The third kappa shape index (κ3) is 2.83. The molecule has 0 aliphatic carbocycles. The van der Waals surface area contributed by atoms with E-state index in [9.17, 15) is 14.7 Å². The SMILES string of the molecule is O=Cc1oc(C(=O)O)c(-c2ccccc2)c1-c1cccc(Br)c1. The Morgan fingerprint density at radius 3 is 2.30 bits per heavy atom. The number of carbonyl (C=O) groups is 2. The molecule has 4 nitrogen and oxygen atoms in total. The van der Waals surface area contributed by atoms with Crippen LogP contribution in [0.25, 0.3) is 22.3 Å². The van der Waals surface area contributed by atoms with Gasteiger partial charge in [-0.3, -0.25) is 4.79 Å². The first-order valence-corrected chi connectivity index (χ1v) is 7.57. The number of carboxylic acid groups (broad SMARTS) is 1. The Bertz CT molecular complexity index is 881. The van der Waals surface area contributed by atoms with Crippen LogP contribution in [0.5, 0.6) is 0 Å². The van der Waals surface area contributed by atoms with E-state index in [4.69, 9.17) is 4.42 Å². The molecule has 0 amide bonds. The van der Waals surface area contributed by atoms with Crippen LogP contribution in [0.15, 0.2) is 63.5 Å². The van der Waals surface area contributed by atoms with Crippen molar-refractivity contribution in [3.63, 3.8) is 0 Å². The van der Waals surface area contributed by atoms with Crippen LogP contribution < -0.4 is 0 Å². The van der Waals surface area contributed by atoms with Crippen molar-refractivity contribution >= 4 is 28.2 Å². The smallest absolute Gasteiger partial charge is 0.372 e. The third-order valence-electron chi connectivity index (χ3n) is 3.41. The minimum absolute atomic E-state index is 0.000599. The van der Waals surface area contributed by atoms with Crippen molar-refractivity contribution in [1.29, 1.82) is 0 Å². The lowest BCUT2D eigenvalue weighted by atomic mass is 9.95. The molecule has 0 saturated carbocycles. The fourth-order valence-electron chi connectivity index (χ4n) is 2.49. The molecule has 5 heteroatoms. The number of hydrogen-bond donors (Lipinski definition) is 1. The summed E-state index contributed by atoms with van der Waals surface area (Å²) in [4.78, 5) is 23.0. The van der Waals surface area contributed by atoms with Crippen LogP contribution in [-0.2, 0) is 0 Å². The summed E-state index contributed by atoms with van der Waals surface area (Å²) in [6.45, 7) is 0. The Balaban J connectivity index is 2.37. The summed E-state index contributed by atoms with van der Waals surface area (Å²) in [7, 11) is 0. The summed E-state index contributed by atoms with van der Waals surface area (Å²) in [5, 5.41) is 9.44. The van der Waals surface area contributed by atoms with Gasteiger partial charge in [-0.15, -0.1) is 0 Å². The second-order valence-corrected chi connectivity index (χ2v) is 5.76. The highest BCUT2D eigenvalue weighted by Gasteiger charge is 2.26. The number of furan rings is 1. The van der Waals surface area contributed by atoms with Crippen molar-refractivity contribution in [2.75, 3.05) is 0 Å². The molecule has 0 saturated heterocycles. The molecular formula is C18H11BrO4. The highest BCUT2D eigenvalue weighted by Crippen LogP contribution is 2.40. The molecule has 23 heavy (non-hydrogen) atoms. The van der Waals surface area contributed by atoms with E-state index < -0.39 is 5.97 Å². The van der Waals surface area contributed by atoms with E-state index in [0.717, 1.165) is 4.47 Å². The fraction of sp³-hybridized carbons (Fsp3) is 0. The van der Waals surface area contributed by atoms with Gasteiger partial charge < -0.3 is 9.52 Å². The van der Waals surface area contributed by atoms with Crippen molar-refractivity contribution < 1.29 is 19.1 Å². The van der Waals surface area contributed by atoms with E-state index in [2.05, 4.69) is 15.9 Å². The van der Waals surface area contributed by atoms with Crippen molar-refractivity contribution in [3.8, 4) is 22.3 Å². The molecule has 0 bridgehead atoms. The molecule has 0 atom stereocenters. The molecular weight excluding hydrogens is 360 g/mol. The van der Waals surface area contributed by atoms with E-state index in [1.807, 2.05) is 24.3 Å². The molecule has 0 aliphatic rings. The summed E-state index contributed by atoms with van der Waals surface area (Å²) < 4.78 is 6.15. The number of hydrogen-bond acceptors (Lipinski definition) is 3. The molecule has 3 rings (SSSR count). The molecule has 0 spiro atoms. The maximum atomic E-state index is 11.6. The average Bonchev–Trinajstić information content (AvgIpc) is 2.95. The normalized spacial score (nSPS) is 10.5. The molecule has 0 radical (unpaired) electrons. The molecule has 1 N–H and O–H groups in total. The number of halogens is 1. The molecule has 2 aromatic carbocycles. The first kappa shape index (κ1) is 15.2. The Kier molecular flexibility index (Phi) is 4.12. The predicted molar refractivity (Wildman–Crippen MR) is 89.6 cm³/mol. The standard InChI is InChI=1S/C18H11BrO4/c19-13-8-4-7-12(9-13)15-14(10-20)23-17(18(21)22)16(15)11-5-2-1-3-6-11/h1-10H,(H,21,22). The van der Waals surface area contributed by atoms with Gasteiger partial charge in [0.1, 0.15) is 0 Å². The first-order chi connectivity index (χ1) is 11.1. The lowest BCUT2D eigenvalue weighted by Crippen LogP contribution is -1.96. The average molecular weight is 371 g/mol. The fourth-order valence-corrected chi connectivity index (χ4v) is 2.89. The van der Waals surface area contributed by atoms with Crippen molar-refractivity contribution in [2.24, 2.45) is 0 Å². The van der Waals surface area contributed by atoms with Crippen LogP contribution in [0, 0.1) is 0 Å². The molecule has 1 aromatic heterocycles. The predicted octanol–water partition coefficient (Wildman–Crippen LogP) is 4.89. The Hall–Kier alpha value is -2.66. The number of benzene rings is 2. The minimum atomic E-state index is -1.21. The Labute approximate surface area is 140 Å². The highest BCUT2D eigenvalue weighted by atomic mass is 79.9. The number of aromatic carboxylic acids is 1. The largest absolute Gasteiger partial charge is 0.475 e. The van der Waals surface area contributed by atoms with Gasteiger partial charge in [0.05, 0.1) is 0 Å². The van der Waals surface area contributed by atoms with Crippen molar-refractivity contribution in [3.05, 3.63) is 70.6 Å². The Morgan fingerprint density at radius 1 is 1.00 bits per heavy atom. The van der Waals surface area contributed by atoms with Crippen LogP contribution >= 0.6 is 15.9 Å². The molecule has 0 aliphatic heterocycles. The van der Waals surface area contributed by atoms with Gasteiger partial charge in [-0.1, -0.05) is 58.4 Å². The van der Waals surface area contributed by atoms with E-state index in [0.29, 0.717) is 28.5 Å². The van der Waals surface area contributed by atoms with Gasteiger partial charge in [0.2, 0.25) is 5.76 Å². The molecule has 114 valence electrons. The summed E-state index contributed by atoms with van der Waals surface area (Å²) in [5.74, 6) is -1.46. The summed E-state index contributed by atoms with van der Waals surface area (Å²) >= 11 is 3.39. The van der Waals surface area contributed by atoms with Gasteiger partial charge in [0.25, 0.3) is 0 Å². The summed E-state index contributed by atoms with van der Waals surface area (Å²) in [5.41, 5.74) is 2.26. The molecule has 0 fully saturated rings.